The molecule has 0 aromatic rings. The molecule has 0 saturated heterocycles. The van der Waals surface area contributed by atoms with Gasteiger partial charge in [-0.05, 0) is 128 Å². The molecule has 0 fully saturated rings. The molecular weight excluding hydrogens is 1270 g/mol. The second-order valence-electron chi connectivity index (χ2n) is 27.6. The zero-order valence-electron chi connectivity index (χ0n) is 65.3. The molecule has 0 aliphatic heterocycles. The van der Waals surface area contributed by atoms with Crippen molar-refractivity contribution in [3.05, 3.63) is 158 Å². The molecule has 3 N–H and O–H groups in total. The smallest absolute Gasteiger partial charge is 0.462 e. The van der Waals surface area contributed by atoms with Crippen molar-refractivity contribution in [3.8, 4) is 0 Å². The third-order valence-electron chi connectivity index (χ3n) is 17.9. The van der Waals surface area contributed by atoms with Gasteiger partial charge in [-0.3, -0.25) is 18.6 Å². The van der Waals surface area contributed by atoms with Gasteiger partial charge in [-0.1, -0.05) is 390 Å². The number of hydrogen-bond donors (Lipinski definition) is 2. The van der Waals surface area contributed by atoms with Gasteiger partial charge in [0.15, 0.2) is 6.10 Å². The van der Waals surface area contributed by atoms with Crippen LogP contribution in [0.5, 0.6) is 0 Å². The van der Waals surface area contributed by atoms with Crippen LogP contribution in [0.15, 0.2) is 158 Å². The molecule has 578 valence electrons. The Labute approximate surface area is 623 Å². The van der Waals surface area contributed by atoms with Crippen LogP contribution >= 0.6 is 7.82 Å². The van der Waals surface area contributed by atoms with Crippen molar-refractivity contribution >= 4 is 19.8 Å². The normalized spacial score (nSPS) is 13.7. The highest BCUT2D eigenvalue weighted by atomic mass is 31.2. The first-order valence-corrected chi connectivity index (χ1v) is 43.5. The fourth-order valence-corrected chi connectivity index (χ4v) is 12.5. The van der Waals surface area contributed by atoms with Crippen molar-refractivity contribution in [1.82, 2.24) is 0 Å². The Kier molecular flexibility index (Phi) is 80.9. The van der Waals surface area contributed by atoms with Gasteiger partial charge in [-0.15, -0.1) is 0 Å². The Hall–Kier alpha value is -4.37. The molecule has 0 aliphatic rings. The largest absolute Gasteiger partial charge is 0.472 e. The number of ether oxygens (including phenoxy) is 2. The van der Waals surface area contributed by atoms with Gasteiger partial charge in [0.25, 0.3) is 0 Å². The molecule has 2 unspecified atom stereocenters. The molecule has 0 saturated carbocycles. The SMILES string of the molecule is CC/C=C\C/C=C\C/C=C\C/C=C\C/C=C\C/C=C\C/C=C\C/C=C\C/C=C\C/C=C\CCCCCCCCCCCCC(=O)OC(COC(=O)CCCCCCCCCCCCCCCCCCCCCCCCCC/C=C\C/C=C\C/C=C\CCCCCCC)COP(=O)(O)OCCN. The highest BCUT2D eigenvalue weighted by Gasteiger charge is 2.26. The van der Waals surface area contributed by atoms with E-state index < -0.39 is 26.5 Å². The van der Waals surface area contributed by atoms with E-state index in [-0.39, 0.29) is 38.6 Å². The summed E-state index contributed by atoms with van der Waals surface area (Å²) >= 11 is 0. The summed E-state index contributed by atoms with van der Waals surface area (Å²) in [7, 11) is -4.41. The second-order valence-corrected chi connectivity index (χ2v) is 29.1. The van der Waals surface area contributed by atoms with Gasteiger partial charge in [0.2, 0.25) is 0 Å². The standard InChI is InChI=1S/C91H156NO8P/c1-3-5-7-9-11-13-15-17-19-21-23-25-27-29-31-33-35-37-39-41-43-44-46-48-50-52-54-56-58-60-62-64-66-68-70-72-74-76-78-80-82-84-91(94)100-89(88-99-101(95,96)98-86-85-92)87-97-90(93)83-81-79-77-75-73-71-69-67-65-63-61-59-57-55-53-51-49-47-45-42-40-38-36-34-32-30-28-26-24-22-20-18-16-14-12-10-8-6-4-2/h5,7,11,13,16-19,22-25,28-31,35,37,41,43,46,48,52,54,58,60,89H,3-4,6,8-10,12,14-15,20-21,26-27,32-34,36,38-40,42,44-45,47,49-51,53,55-57,59,61-88,92H2,1-2H3,(H,95,96)/b7-5-,13-11-,18-16-,19-17-,24-22-,25-23-,30-28-,31-29-,37-35-,43-41-,48-46-,54-52-,60-58-. The number of carbonyl (C=O) groups is 2. The number of allylic oxidation sites excluding steroid dienone is 26. The minimum absolute atomic E-state index is 0.0479. The topological polar surface area (TPSA) is 134 Å². The summed E-state index contributed by atoms with van der Waals surface area (Å²) in [5, 5.41) is 0. The van der Waals surface area contributed by atoms with Gasteiger partial charge in [-0.2, -0.15) is 0 Å². The van der Waals surface area contributed by atoms with Crippen LogP contribution < -0.4 is 5.73 Å². The predicted molar refractivity (Wildman–Crippen MR) is 440 cm³/mol. The molecule has 0 amide bonds. The Morgan fingerprint density at radius 1 is 0.307 bits per heavy atom. The molecule has 0 radical (unpaired) electrons. The van der Waals surface area contributed by atoms with Crippen molar-refractivity contribution < 1.29 is 37.6 Å². The predicted octanol–water partition coefficient (Wildman–Crippen LogP) is 28.6. The average molecular weight is 1420 g/mol. The molecule has 9 nitrogen and oxygen atoms in total. The quantitative estimate of drug-likeness (QED) is 0.0264. The lowest BCUT2D eigenvalue weighted by atomic mass is 10.0. The van der Waals surface area contributed by atoms with Crippen LogP contribution in [0.2, 0.25) is 0 Å². The summed E-state index contributed by atoms with van der Waals surface area (Å²) in [5.41, 5.74) is 5.42. The van der Waals surface area contributed by atoms with Gasteiger partial charge >= 0.3 is 19.8 Å². The Bertz CT molecular complexity index is 2230. The summed E-state index contributed by atoms with van der Waals surface area (Å²) < 4.78 is 33.3. The van der Waals surface area contributed by atoms with Crippen LogP contribution in [-0.4, -0.2) is 49.3 Å². The molecule has 0 aromatic carbocycles. The number of unbranched alkanes of at least 4 members (excludes halogenated alkanes) is 39. The minimum atomic E-state index is -4.41. The number of phosphoric ester groups is 1. The lowest BCUT2D eigenvalue weighted by Gasteiger charge is -2.19. The molecule has 0 heterocycles. The summed E-state index contributed by atoms with van der Waals surface area (Å²) in [6.45, 7) is 3.64. The fourth-order valence-electron chi connectivity index (χ4n) is 11.7. The maximum atomic E-state index is 12.8. The third-order valence-corrected chi connectivity index (χ3v) is 18.9. The van der Waals surface area contributed by atoms with Crippen molar-refractivity contribution in [2.75, 3.05) is 26.4 Å². The molecule has 0 aliphatic carbocycles. The van der Waals surface area contributed by atoms with Crippen molar-refractivity contribution in [3.63, 3.8) is 0 Å². The first-order chi connectivity index (χ1) is 49.8. The van der Waals surface area contributed by atoms with E-state index >= 15 is 0 Å². The number of phosphoric acid groups is 1. The minimum Gasteiger partial charge on any atom is -0.462 e. The zero-order chi connectivity index (χ0) is 72.9. The molecule has 0 spiro atoms. The lowest BCUT2D eigenvalue weighted by molar-refractivity contribution is -0.161. The average Bonchev–Trinajstić information content (AvgIpc) is 1.04. The lowest BCUT2D eigenvalue weighted by Crippen LogP contribution is -2.29. The van der Waals surface area contributed by atoms with Crippen molar-refractivity contribution in [1.29, 1.82) is 0 Å². The van der Waals surface area contributed by atoms with E-state index in [1.54, 1.807) is 0 Å². The first kappa shape index (κ1) is 96.6. The van der Waals surface area contributed by atoms with E-state index in [0.717, 1.165) is 122 Å². The molecule has 101 heavy (non-hydrogen) atoms. The number of nitrogens with two attached hydrogens (primary N) is 1. The van der Waals surface area contributed by atoms with E-state index in [9.17, 15) is 19.0 Å². The van der Waals surface area contributed by atoms with E-state index in [4.69, 9.17) is 24.3 Å². The molecule has 0 aromatic heterocycles. The molecule has 10 heteroatoms. The molecule has 0 bridgehead atoms. The van der Waals surface area contributed by atoms with Crippen LogP contribution in [0.4, 0.5) is 0 Å². The highest BCUT2D eigenvalue weighted by molar-refractivity contribution is 7.47. The van der Waals surface area contributed by atoms with Gasteiger partial charge in [0.05, 0.1) is 13.2 Å². The van der Waals surface area contributed by atoms with E-state index in [0.29, 0.717) is 6.42 Å². The van der Waals surface area contributed by atoms with Crippen LogP contribution in [-0.2, 0) is 32.7 Å². The number of rotatable bonds is 78. The van der Waals surface area contributed by atoms with Crippen molar-refractivity contribution in [2.24, 2.45) is 5.73 Å². The van der Waals surface area contributed by atoms with Crippen LogP contribution in [0.1, 0.15) is 373 Å². The maximum Gasteiger partial charge on any atom is 0.472 e. The molecule has 2 atom stereocenters. The second kappa shape index (κ2) is 84.6. The van der Waals surface area contributed by atoms with Gasteiger partial charge in [0, 0.05) is 19.4 Å². The Morgan fingerprint density at radius 3 is 0.812 bits per heavy atom. The van der Waals surface area contributed by atoms with Crippen molar-refractivity contribution in [2.45, 2.75) is 380 Å². The monoisotopic (exact) mass is 1420 g/mol. The third kappa shape index (κ3) is 84.5. The van der Waals surface area contributed by atoms with Gasteiger partial charge in [0.1, 0.15) is 6.61 Å². The zero-order valence-corrected chi connectivity index (χ0v) is 66.2. The summed E-state index contributed by atoms with van der Waals surface area (Å²) in [6, 6.07) is 0. The van der Waals surface area contributed by atoms with Gasteiger partial charge in [-0.25, -0.2) is 4.57 Å². The van der Waals surface area contributed by atoms with E-state index in [1.165, 1.54) is 218 Å². The highest BCUT2D eigenvalue weighted by Crippen LogP contribution is 2.43. The van der Waals surface area contributed by atoms with Crippen LogP contribution in [0.25, 0.3) is 0 Å². The summed E-state index contributed by atoms with van der Waals surface area (Å²) in [4.78, 5) is 35.5. The number of carbonyl (C=O) groups excluding carboxylic acids is 2. The van der Waals surface area contributed by atoms with Gasteiger partial charge < -0.3 is 20.1 Å². The number of esters is 2. The van der Waals surface area contributed by atoms with E-state index in [2.05, 4.69) is 172 Å². The maximum absolute atomic E-state index is 12.8. The van der Waals surface area contributed by atoms with Crippen LogP contribution in [0.3, 0.4) is 0 Å². The summed E-state index contributed by atoms with van der Waals surface area (Å²) in [6.07, 6.45) is 124. The first-order valence-electron chi connectivity index (χ1n) is 42.0. The summed E-state index contributed by atoms with van der Waals surface area (Å²) in [5.74, 6) is -0.826. The van der Waals surface area contributed by atoms with Crippen LogP contribution in [0, 0.1) is 0 Å². The molecule has 0 rings (SSSR count). The Balaban J connectivity index is 3.84. The fraction of sp³-hybridized carbons (Fsp3) is 0.692. The number of hydrogen-bond acceptors (Lipinski definition) is 8. The van der Waals surface area contributed by atoms with E-state index in [1.807, 2.05) is 0 Å². The molecular formula is C91H156NO8P. The Morgan fingerprint density at radius 2 is 0.545 bits per heavy atom.